The molecule has 274 valence electrons. The number of hydrogen-bond donors (Lipinski definition) is 3. The van der Waals surface area contributed by atoms with Crippen molar-refractivity contribution in [3.63, 3.8) is 0 Å². The molecule has 0 radical (unpaired) electrons. The van der Waals surface area contributed by atoms with Crippen molar-refractivity contribution in [2.24, 2.45) is 11.8 Å². The van der Waals surface area contributed by atoms with Crippen LogP contribution in [-0.4, -0.2) is 98.7 Å². The number of sulfonamides is 1. The van der Waals surface area contributed by atoms with Crippen LogP contribution in [0.3, 0.4) is 0 Å². The van der Waals surface area contributed by atoms with Gasteiger partial charge >= 0.3 is 6.09 Å². The highest BCUT2D eigenvalue weighted by Crippen LogP contribution is 2.37. The Bertz CT molecular complexity index is 1630. The monoisotopic (exact) mass is 712 g/mol. The number of anilines is 1. The van der Waals surface area contributed by atoms with Gasteiger partial charge in [0.15, 0.2) is 6.29 Å². The van der Waals surface area contributed by atoms with Gasteiger partial charge in [-0.3, -0.25) is 4.79 Å². The van der Waals surface area contributed by atoms with Crippen LogP contribution in [0.25, 0.3) is 5.57 Å². The number of hydrogen-bond acceptors (Lipinski definition) is 9. The Hall–Kier alpha value is -3.49. The largest absolute Gasteiger partial charge is 0.443 e. The smallest absolute Gasteiger partial charge is 0.407 e. The molecule has 3 aliphatic heterocycles. The van der Waals surface area contributed by atoms with Crippen molar-refractivity contribution in [1.29, 1.82) is 0 Å². The minimum atomic E-state index is -4.16. The number of nitrogens with zero attached hydrogens (tertiary/aromatic N) is 2. The molecule has 0 bridgehead atoms. The average Bonchev–Trinajstić information content (AvgIpc) is 3.79. The van der Waals surface area contributed by atoms with E-state index in [4.69, 9.17) is 14.2 Å². The first-order valence-electron chi connectivity index (χ1n) is 17.8. The lowest BCUT2D eigenvalue weighted by Crippen LogP contribution is -2.51. The molecule has 3 N–H and O–H groups in total. The van der Waals surface area contributed by atoms with Gasteiger partial charge in [0.25, 0.3) is 5.91 Å². The summed E-state index contributed by atoms with van der Waals surface area (Å²) in [7, 11) is -4.16. The number of benzene rings is 2. The number of aliphatic hydroxyl groups excluding tert-OH is 1. The van der Waals surface area contributed by atoms with Gasteiger partial charge in [0.05, 0.1) is 41.7 Å². The van der Waals surface area contributed by atoms with Crippen molar-refractivity contribution in [2.75, 3.05) is 44.7 Å². The molecular weight excluding hydrogens is 660 g/mol. The van der Waals surface area contributed by atoms with E-state index in [-0.39, 0.29) is 55.0 Å². The quantitative estimate of drug-likeness (QED) is 0.213. The number of rotatable bonds is 16. The first-order valence-corrected chi connectivity index (χ1v) is 19.2. The van der Waals surface area contributed by atoms with E-state index in [1.807, 2.05) is 51.1 Å². The van der Waals surface area contributed by atoms with E-state index in [0.717, 1.165) is 43.6 Å². The minimum absolute atomic E-state index is 0.0185. The second-order valence-electron chi connectivity index (χ2n) is 13.8. The molecule has 0 aliphatic carbocycles. The second kappa shape index (κ2) is 16.7. The number of carbonyl (C=O) groups excluding carboxylic acids is 2. The van der Waals surface area contributed by atoms with Crippen molar-refractivity contribution in [3.05, 3.63) is 65.4 Å². The van der Waals surface area contributed by atoms with Crippen molar-refractivity contribution >= 4 is 33.3 Å². The summed E-state index contributed by atoms with van der Waals surface area (Å²) in [4.78, 5) is 28.6. The van der Waals surface area contributed by atoms with Gasteiger partial charge in [0.1, 0.15) is 6.10 Å². The number of aliphatic hydroxyl groups is 1. The van der Waals surface area contributed by atoms with Crippen molar-refractivity contribution in [1.82, 2.24) is 14.5 Å². The molecule has 5 unspecified atom stereocenters. The van der Waals surface area contributed by atoms with Crippen LogP contribution in [-0.2, 0) is 35.4 Å². The molecule has 5 rings (SSSR count). The Labute approximate surface area is 296 Å². The molecule has 5 atom stereocenters. The maximum absolute atomic E-state index is 14.4. The van der Waals surface area contributed by atoms with Gasteiger partial charge in [0, 0.05) is 43.1 Å². The van der Waals surface area contributed by atoms with E-state index in [9.17, 15) is 23.1 Å². The maximum atomic E-state index is 14.4. The van der Waals surface area contributed by atoms with Crippen LogP contribution >= 0.6 is 0 Å². The number of fused-ring (bicyclic) bond motifs is 2. The van der Waals surface area contributed by atoms with Crippen LogP contribution in [0.1, 0.15) is 65.0 Å². The summed E-state index contributed by atoms with van der Waals surface area (Å²) in [6.45, 7) is 12.0. The Morgan fingerprint density at radius 2 is 1.80 bits per heavy atom. The van der Waals surface area contributed by atoms with Crippen LogP contribution < -0.4 is 10.6 Å². The summed E-state index contributed by atoms with van der Waals surface area (Å²) in [6, 6.07) is 13.2. The summed E-state index contributed by atoms with van der Waals surface area (Å²) in [5.74, 6) is -0.387. The fourth-order valence-corrected chi connectivity index (χ4v) is 8.64. The zero-order valence-electron chi connectivity index (χ0n) is 29.8. The molecule has 0 saturated carbocycles. The van der Waals surface area contributed by atoms with Gasteiger partial charge in [-0.25, -0.2) is 13.2 Å². The summed E-state index contributed by atoms with van der Waals surface area (Å²) in [6.07, 6.45) is -0.0835. The Kier molecular flexibility index (Phi) is 12.6. The summed E-state index contributed by atoms with van der Waals surface area (Å²) < 4.78 is 46.9. The van der Waals surface area contributed by atoms with Gasteiger partial charge in [0.2, 0.25) is 10.0 Å². The first-order chi connectivity index (χ1) is 23.9. The van der Waals surface area contributed by atoms with Gasteiger partial charge < -0.3 is 34.9 Å². The van der Waals surface area contributed by atoms with Crippen molar-refractivity contribution in [3.8, 4) is 0 Å². The number of alkyl carbamates (subject to hydrolysis) is 1. The van der Waals surface area contributed by atoms with E-state index in [2.05, 4.69) is 29.4 Å². The van der Waals surface area contributed by atoms with E-state index >= 15 is 0 Å². The SMILES string of the molecule is CCCN(CCC)/C(C)=C1\C(=O)Nc2ccc(S(=O)(=O)N(CC(C)C)CC(O)C(Cc3ccccc3)NC(=O)OC3COC4OCCC34)cc21. The number of allylic oxidation sites excluding steroid dienone is 1. The lowest BCUT2D eigenvalue weighted by Gasteiger charge is -2.31. The zero-order chi connectivity index (χ0) is 36.0. The highest BCUT2D eigenvalue weighted by Gasteiger charge is 2.44. The third-order valence-corrected chi connectivity index (χ3v) is 11.3. The van der Waals surface area contributed by atoms with E-state index in [1.165, 1.54) is 10.4 Å². The van der Waals surface area contributed by atoms with Gasteiger partial charge in [-0.1, -0.05) is 58.0 Å². The molecule has 12 nitrogen and oxygen atoms in total. The topological polar surface area (TPSA) is 147 Å². The lowest BCUT2D eigenvalue weighted by molar-refractivity contribution is -0.110. The summed E-state index contributed by atoms with van der Waals surface area (Å²) in [5.41, 5.74) is 3.21. The molecule has 2 fully saturated rings. The van der Waals surface area contributed by atoms with Gasteiger partial charge in [-0.05, 0) is 62.3 Å². The zero-order valence-corrected chi connectivity index (χ0v) is 30.6. The predicted octanol–water partition coefficient (Wildman–Crippen LogP) is 4.60. The molecule has 3 heterocycles. The summed E-state index contributed by atoms with van der Waals surface area (Å²) in [5, 5.41) is 17.4. The Morgan fingerprint density at radius 1 is 1.08 bits per heavy atom. The van der Waals surface area contributed by atoms with E-state index < -0.39 is 34.4 Å². The molecule has 2 saturated heterocycles. The number of nitrogens with one attached hydrogen (secondary N) is 2. The van der Waals surface area contributed by atoms with Gasteiger partial charge in [-0.2, -0.15) is 4.31 Å². The second-order valence-corrected chi connectivity index (χ2v) is 15.7. The van der Waals surface area contributed by atoms with Crippen molar-refractivity contribution < 1.29 is 37.3 Å². The third kappa shape index (κ3) is 8.68. The first kappa shape index (κ1) is 37.8. The average molecular weight is 713 g/mol. The van der Waals surface area contributed by atoms with Crippen LogP contribution in [0.15, 0.2) is 59.1 Å². The van der Waals surface area contributed by atoms with Crippen LogP contribution in [0.5, 0.6) is 0 Å². The van der Waals surface area contributed by atoms with Crippen molar-refractivity contribution in [2.45, 2.75) is 89.7 Å². The number of carbonyl (C=O) groups is 2. The minimum Gasteiger partial charge on any atom is -0.443 e. The van der Waals surface area contributed by atoms with Crippen LogP contribution in [0.4, 0.5) is 10.5 Å². The maximum Gasteiger partial charge on any atom is 0.407 e. The number of amides is 2. The molecule has 2 amide bonds. The normalized spacial score (nSPS) is 22.2. The molecule has 2 aromatic carbocycles. The highest BCUT2D eigenvalue weighted by atomic mass is 32.2. The predicted molar refractivity (Wildman–Crippen MR) is 191 cm³/mol. The van der Waals surface area contributed by atoms with Crippen LogP contribution in [0, 0.1) is 11.8 Å². The highest BCUT2D eigenvalue weighted by molar-refractivity contribution is 7.89. The third-order valence-electron chi connectivity index (χ3n) is 9.47. The van der Waals surface area contributed by atoms with Gasteiger partial charge in [-0.15, -0.1) is 0 Å². The lowest BCUT2D eigenvalue weighted by atomic mass is 10.0. The molecule has 50 heavy (non-hydrogen) atoms. The fraction of sp³-hybridized carbons (Fsp3) is 0.568. The standard InChI is InChI=1S/C37H52N4O8S/c1-6-16-40(17-7-2)25(5)34-29-20-27(13-14-30(29)38-35(34)43)50(45,46)41(21-24(3)4)22-32(42)31(19-26-11-9-8-10-12-26)39-37(44)49-33-23-48-36-28(33)15-18-47-36/h8-14,20,24,28,31-33,36,42H,6-7,15-19,21-23H2,1-5H3,(H,38,43)(H,39,44)/b34-25-. The fourth-order valence-electron chi connectivity index (χ4n) is 7.00. The summed E-state index contributed by atoms with van der Waals surface area (Å²) >= 11 is 0. The molecular formula is C37H52N4O8S. The van der Waals surface area contributed by atoms with E-state index in [0.29, 0.717) is 23.4 Å². The molecule has 13 heteroatoms. The molecule has 2 aromatic rings. The van der Waals surface area contributed by atoms with E-state index in [1.54, 1.807) is 12.1 Å². The molecule has 3 aliphatic rings. The Morgan fingerprint density at radius 3 is 2.48 bits per heavy atom. The Balaban J connectivity index is 1.40. The molecule has 0 aromatic heterocycles. The van der Waals surface area contributed by atoms with Crippen LogP contribution in [0.2, 0.25) is 0 Å². The molecule has 0 spiro atoms. The number of ether oxygens (including phenoxy) is 3.